The lowest BCUT2D eigenvalue weighted by Crippen LogP contribution is -2.29. The van der Waals surface area contributed by atoms with E-state index in [1.807, 2.05) is 18.2 Å². The van der Waals surface area contributed by atoms with E-state index >= 15 is 0 Å². The number of aliphatic imine (C=N–C) groups is 1. The summed E-state index contributed by atoms with van der Waals surface area (Å²) in [7, 11) is 3.25. The largest absolute Gasteiger partial charge is 0.497 e. The fourth-order valence-corrected chi connectivity index (χ4v) is 2.76. The van der Waals surface area contributed by atoms with Crippen LogP contribution in [0.25, 0.3) is 0 Å². The van der Waals surface area contributed by atoms with Crippen LogP contribution in [-0.4, -0.2) is 51.3 Å². The summed E-state index contributed by atoms with van der Waals surface area (Å²) >= 11 is 0. The van der Waals surface area contributed by atoms with Crippen molar-refractivity contribution >= 4 is 35.6 Å². The van der Waals surface area contributed by atoms with Gasteiger partial charge in [-0.25, -0.2) is 0 Å². The van der Waals surface area contributed by atoms with Crippen LogP contribution in [0, 0.1) is 0 Å². The van der Waals surface area contributed by atoms with Crippen molar-refractivity contribution in [2.24, 2.45) is 10.7 Å². The summed E-state index contributed by atoms with van der Waals surface area (Å²) in [5, 5.41) is 3.09. The van der Waals surface area contributed by atoms with Gasteiger partial charge in [-0.3, -0.25) is 4.99 Å². The van der Waals surface area contributed by atoms with E-state index in [9.17, 15) is 0 Å². The molecule has 1 aliphatic heterocycles. The van der Waals surface area contributed by atoms with E-state index in [4.69, 9.17) is 15.2 Å². The first kappa shape index (κ1) is 20.8. The Labute approximate surface area is 161 Å². The van der Waals surface area contributed by atoms with Crippen LogP contribution < -0.4 is 20.5 Å². The van der Waals surface area contributed by atoms with Crippen molar-refractivity contribution in [2.45, 2.75) is 25.7 Å². The maximum Gasteiger partial charge on any atom is 0.193 e. The number of hydrogen-bond acceptors (Lipinski definition) is 4. The third kappa shape index (κ3) is 6.72. The lowest BCUT2D eigenvalue weighted by atomic mass is 10.2. The molecule has 24 heavy (non-hydrogen) atoms. The highest BCUT2D eigenvalue weighted by atomic mass is 127. The molecule has 0 amide bonds. The Morgan fingerprint density at radius 1 is 1.17 bits per heavy atom. The minimum absolute atomic E-state index is 0. The molecule has 0 aromatic heterocycles. The number of halogens is 1. The highest BCUT2D eigenvalue weighted by Gasteiger charge is 2.09. The molecule has 6 nitrogen and oxygen atoms in total. The number of nitrogens with two attached hydrogens (primary N) is 1. The highest BCUT2D eigenvalue weighted by Crippen LogP contribution is 2.28. The van der Waals surface area contributed by atoms with E-state index in [1.54, 1.807) is 14.2 Å². The van der Waals surface area contributed by atoms with Crippen molar-refractivity contribution in [2.75, 3.05) is 45.7 Å². The number of ether oxygens (including phenoxy) is 2. The number of likely N-dealkylation sites (tertiary alicyclic amines) is 1. The normalized spacial score (nSPS) is 16.0. The van der Waals surface area contributed by atoms with Crippen LogP contribution in [-0.2, 0) is 0 Å². The zero-order valence-corrected chi connectivity index (χ0v) is 16.9. The number of guanidine groups is 1. The molecule has 0 unspecified atom stereocenters. The van der Waals surface area contributed by atoms with Crippen molar-refractivity contribution in [1.82, 2.24) is 4.90 Å². The number of nitrogens with zero attached hydrogens (tertiary/aromatic N) is 2. The van der Waals surface area contributed by atoms with Crippen LogP contribution in [0.15, 0.2) is 23.2 Å². The van der Waals surface area contributed by atoms with Gasteiger partial charge in [0.15, 0.2) is 5.96 Å². The zero-order valence-electron chi connectivity index (χ0n) is 14.6. The molecule has 0 spiro atoms. The van der Waals surface area contributed by atoms with Crippen LogP contribution >= 0.6 is 24.0 Å². The fourth-order valence-electron chi connectivity index (χ4n) is 2.76. The van der Waals surface area contributed by atoms with Crippen LogP contribution in [0.2, 0.25) is 0 Å². The van der Waals surface area contributed by atoms with Crippen LogP contribution in [0.3, 0.4) is 0 Å². The number of benzene rings is 1. The van der Waals surface area contributed by atoms with E-state index in [0.29, 0.717) is 18.3 Å². The van der Waals surface area contributed by atoms with Crippen molar-refractivity contribution in [3.63, 3.8) is 0 Å². The van der Waals surface area contributed by atoms with Gasteiger partial charge in [0.05, 0.1) is 26.5 Å². The maximum atomic E-state index is 5.99. The fraction of sp³-hybridized carbons (Fsp3) is 0.588. The maximum absolute atomic E-state index is 5.99. The van der Waals surface area contributed by atoms with Crippen molar-refractivity contribution in [3.05, 3.63) is 18.2 Å². The third-order valence-electron chi connectivity index (χ3n) is 4.07. The Hall–Kier alpha value is -1.22. The van der Waals surface area contributed by atoms with E-state index in [1.165, 1.54) is 38.8 Å². The standard InChI is InChI=1S/C17H28N4O2.HI/c1-22-14-7-8-16(23-2)15(13-14)20-17(18)19-9-12-21-10-5-3-4-6-11-21;/h7-8,13H,3-6,9-12H2,1-2H3,(H3,18,19,20);1H. The van der Waals surface area contributed by atoms with Crippen molar-refractivity contribution < 1.29 is 9.47 Å². The topological polar surface area (TPSA) is 72.1 Å². The van der Waals surface area contributed by atoms with E-state index in [2.05, 4.69) is 15.2 Å². The van der Waals surface area contributed by atoms with Crippen LogP contribution in [0.1, 0.15) is 25.7 Å². The van der Waals surface area contributed by atoms with Gasteiger partial charge in [0, 0.05) is 12.6 Å². The van der Waals surface area contributed by atoms with Crippen molar-refractivity contribution in [3.8, 4) is 11.5 Å². The molecular formula is C17H29IN4O2. The molecule has 1 heterocycles. The van der Waals surface area contributed by atoms with Gasteiger partial charge in [0.2, 0.25) is 0 Å². The zero-order chi connectivity index (χ0) is 16.5. The molecule has 0 radical (unpaired) electrons. The number of rotatable bonds is 6. The molecule has 1 aromatic rings. The Kier molecular flexibility index (Phi) is 9.85. The van der Waals surface area contributed by atoms with Crippen LogP contribution in [0.5, 0.6) is 11.5 Å². The van der Waals surface area contributed by atoms with Crippen molar-refractivity contribution in [1.29, 1.82) is 0 Å². The third-order valence-corrected chi connectivity index (χ3v) is 4.07. The molecule has 2 rings (SSSR count). The molecular weight excluding hydrogens is 419 g/mol. The highest BCUT2D eigenvalue weighted by molar-refractivity contribution is 14.0. The Morgan fingerprint density at radius 3 is 2.50 bits per heavy atom. The molecule has 0 atom stereocenters. The molecule has 3 N–H and O–H groups in total. The summed E-state index contributed by atoms with van der Waals surface area (Å²) in [6.07, 6.45) is 5.27. The Bertz CT molecular complexity index is 517. The smallest absolute Gasteiger partial charge is 0.193 e. The first-order valence-electron chi connectivity index (χ1n) is 8.24. The molecule has 0 bridgehead atoms. The number of methoxy groups -OCH3 is 2. The lowest BCUT2D eigenvalue weighted by molar-refractivity contribution is 0.293. The van der Waals surface area contributed by atoms with Gasteiger partial charge in [0.1, 0.15) is 11.5 Å². The molecule has 1 saturated heterocycles. The van der Waals surface area contributed by atoms with Gasteiger partial charge in [-0.15, -0.1) is 24.0 Å². The second-order valence-electron chi connectivity index (χ2n) is 5.71. The average Bonchev–Trinajstić information content (AvgIpc) is 2.83. The number of anilines is 1. The first-order chi connectivity index (χ1) is 11.2. The Balaban J connectivity index is 0.00000288. The molecule has 1 fully saturated rings. The minimum Gasteiger partial charge on any atom is -0.497 e. The van der Waals surface area contributed by atoms with Gasteiger partial charge in [-0.05, 0) is 38.1 Å². The van der Waals surface area contributed by atoms with Gasteiger partial charge in [-0.1, -0.05) is 12.8 Å². The van der Waals surface area contributed by atoms with E-state index < -0.39 is 0 Å². The van der Waals surface area contributed by atoms with Crippen LogP contribution in [0.4, 0.5) is 5.69 Å². The number of nitrogens with one attached hydrogen (secondary N) is 1. The summed E-state index contributed by atoms with van der Waals surface area (Å²) in [6.45, 7) is 4.00. The molecule has 7 heteroatoms. The second-order valence-corrected chi connectivity index (χ2v) is 5.71. The predicted octanol–water partition coefficient (Wildman–Crippen LogP) is 2.92. The Morgan fingerprint density at radius 2 is 1.88 bits per heavy atom. The molecule has 0 aliphatic carbocycles. The minimum atomic E-state index is 0. The predicted molar refractivity (Wildman–Crippen MR) is 110 cm³/mol. The average molecular weight is 448 g/mol. The van der Waals surface area contributed by atoms with E-state index in [0.717, 1.165) is 18.0 Å². The summed E-state index contributed by atoms with van der Waals surface area (Å²) in [5.41, 5.74) is 6.74. The quantitative estimate of drug-likeness (QED) is 0.398. The molecule has 1 aromatic carbocycles. The first-order valence-corrected chi connectivity index (χ1v) is 8.24. The molecule has 0 saturated carbocycles. The molecule has 1 aliphatic rings. The van der Waals surface area contributed by atoms with Gasteiger partial charge in [-0.2, -0.15) is 0 Å². The van der Waals surface area contributed by atoms with Gasteiger partial charge in [0.25, 0.3) is 0 Å². The summed E-state index contributed by atoms with van der Waals surface area (Å²) in [4.78, 5) is 6.89. The summed E-state index contributed by atoms with van der Waals surface area (Å²) < 4.78 is 10.5. The SMILES string of the molecule is COc1ccc(OC)c(NC(N)=NCCN2CCCCCC2)c1.I. The van der Waals surface area contributed by atoms with Gasteiger partial charge < -0.3 is 25.4 Å². The van der Waals surface area contributed by atoms with E-state index in [-0.39, 0.29) is 24.0 Å². The van der Waals surface area contributed by atoms with Gasteiger partial charge >= 0.3 is 0 Å². The lowest BCUT2D eigenvalue weighted by Gasteiger charge is -2.18. The summed E-state index contributed by atoms with van der Waals surface area (Å²) in [5.74, 6) is 1.84. The molecule has 136 valence electrons. The number of hydrogen-bond donors (Lipinski definition) is 2. The second kappa shape index (κ2) is 11.4. The monoisotopic (exact) mass is 448 g/mol. The summed E-state index contributed by atoms with van der Waals surface area (Å²) in [6, 6.07) is 5.53.